The van der Waals surface area contributed by atoms with Crippen molar-refractivity contribution in [2.24, 2.45) is 0 Å². The van der Waals surface area contributed by atoms with Gasteiger partial charge in [0.25, 0.3) is 5.91 Å². The van der Waals surface area contributed by atoms with Crippen LogP contribution in [0.3, 0.4) is 0 Å². The second kappa shape index (κ2) is 8.75. The van der Waals surface area contributed by atoms with Gasteiger partial charge in [-0.3, -0.25) is 9.52 Å². The lowest BCUT2D eigenvalue weighted by atomic mass is 10.1. The Morgan fingerprint density at radius 3 is 2.46 bits per heavy atom. The third kappa shape index (κ3) is 5.23. The fraction of sp³-hybridized carbons (Fsp3) is 0.190. The molecular formula is C21H22N2O4S. The standard InChI is InChI=1S/C21H22N2O4S/c1-2-28(25,26)22-19-11-6-10-18(14-19)21(24)23(16-20-12-7-13-27-20)15-17-8-4-3-5-9-17/h3-14,22H,2,15-16H2,1H3. The summed E-state index contributed by atoms with van der Waals surface area (Å²) in [7, 11) is -3.41. The fourth-order valence-corrected chi connectivity index (χ4v) is 3.37. The number of hydrogen-bond donors (Lipinski definition) is 1. The Bertz CT molecular complexity index is 1020. The molecule has 0 aliphatic carbocycles. The highest BCUT2D eigenvalue weighted by Crippen LogP contribution is 2.18. The number of nitrogens with zero attached hydrogens (tertiary/aromatic N) is 1. The normalized spacial score (nSPS) is 11.2. The maximum Gasteiger partial charge on any atom is 0.254 e. The van der Waals surface area contributed by atoms with E-state index in [1.54, 1.807) is 48.4 Å². The van der Waals surface area contributed by atoms with Gasteiger partial charge < -0.3 is 9.32 Å². The first kappa shape index (κ1) is 19.7. The summed E-state index contributed by atoms with van der Waals surface area (Å²) in [4.78, 5) is 14.8. The fourth-order valence-electron chi connectivity index (χ4n) is 2.74. The van der Waals surface area contributed by atoms with E-state index in [9.17, 15) is 13.2 Å². The van der Waals surface area contributed by atoms with Crippen molar-refractivity contribution in [3.8, 4) is 0 Å². The van der Waals surface area contributed by atoms with Crippen LogP contribution >= 0.6 is 0 Å². The molecule has 0 saturated heterocycles. The van der Waals surface area contributed by atoms with Gasteiger partial charge in [0.05, 0.1) is 18.6 Å². The zero-order valence-corrected chi connectivity index (χ0v) is 16.4. The van der Waals surface area contributed by atoms with E-state index < -0.39 is 10.0 Å². The van der Waals surface area contributed by atoms with Gasteiger partial charge in [0.2, 0.25) is 10.0 Å². The third-order valence-electron chi connectivity index (χ3n) is 4.19. The second-order valence-electron chi connectivity index (χ2n) is 6.31. The number of benzene rings is 2. The Morgan fingerprint density at radius 1 is 1.00 bits per heavy atom. The van der Waals surface area contributed by atoms with E-state index in [1.165, 1.54) is 0 Å². The molecule has 0 aliphatic rings. The van der Waals surface area contributed by atoms with Gasteiger partial charge in [0, 0.05) is 17.8 Å². The Labute approximate surface area is 164 Å². The summed E-state index contributed by atoms with van der Waals surface area (Å²) in [6, 6.07) is 19.8. The largest absolute Gasteiger partial charge is 0.467 e. The predicted octanol–water partition coefficient (Wildman–Crippen LogP) is 3.88. The monoisotopic (exact) mass is 398 g/mol. The van der Waals surface area contributed by atoms with Gasteiger partial charge in [-0.25, -0.2) is 8.42 Å². The molecule has 2 aromatic carbocycles. The molecule has 1 heterocycles. The first-order valence-corrected chi connectivity index (χ1v) is 10.6. The van der Waals surface area contributed by atoms with Gasteiger partial charge in [-0.05, 0) is 42.8 Å². The van der Waals surface area contributed by atoms with Gasteiger partial charge in [-0.1, -0.05) is 36.4 Å². The highest BCUT2D eigenvalue weighted by Gasteiger charge is 2.19. The van der Waals surface area contributed by atoms with Crippen LogP contribution in [0.5, 0.6) is 0 Å². The van der Waals surface area contributed by atoms with Crippen LogP contribution in [0.15, 0.2) is 77.4 Å². The van der Waals surface area contributed by atoms with Crippen molar-refractivity contribution in [2.45, 2.75) is 20.0 Å². The van der Waals surface area contributed by atoms with Crippen LogP contribution in [0, 0.1) is 0 Å². The zero-order chi connectivity index (χ0) is 20.0. The number of hydrogen-bond acceptors (Lipinski definition) is 4. The highest BCUT2D eigenvalue weighted by molar-refractivity contribution is 7.92. The first-order valence-electron chi connectivity index (χ1n) is 8.93. The van der Waals surface area contributed by atoms with E-state index in [0.717, 1.165) is 5.56 Å². The van der Waals surface area contributed by atoms with Gasteiger partial charge in [-0.15, -0.1) is 0 Å². The lowest BCUT2D eigenvalue weighted by Crippen LogP contribution is -2.30. The Kier molecular flexibility index (Phi) is 6.16. The maximum absolute atomic E-state index is 13.2. The third-order valence-corrected chi connectivity index (χ3v) is 5.50. The van der Waals surface area contributed by atoms with Crippen LogP contribution in [0.2, 0.25) is 0 Å². The SMILES string of the molecule is CCS(=O)(=O)Nc1cccc(C(=O)N(Cc2ccccc2)Cc2ccco2)c1. The first-order chi connectivity index (χ1) is 13.5. The molecule has 0 aliphatic heterocycles. The Balaban J connectivity index is 1.86. The highest BCUT2D eigenvalue weighted by atomic mass is 32.2. The minimum absolute atomic E-state index is 0.0379. The molecule has 3 rings (SSSR count). The van der Waals surface area contributed by atoms with E-state index in [-0.39, 0.29) is 11.7 Å². The summed E-state index contributed by atoms with van der Waals surface area (Å²) >= 11 is 0. The van der Waals surface area contributed by atoms with Gasteiger partial charge in [-0.2, -0.15) is 0 Å². The van der Waals surface area contributed by atoms with Crippen molar-refractivity contribution in [1.82, 2.24) is 4.90 Å². The molecule has 28 heavy (non-hydrogen) atoms. The van der Waals surface area contributed by atoms with E-state index in [2.05, 4.69) is 4.72 Å². The van der Waals surface area contributed by atoms with Crippen LogP contribution in [0.25, 0.3) is 0 Å². The number of carbonyl (C=O) groups is 1. The average Bonchev–Trinajstić information content (AvgIpc) is 3.21. The number of sulfonamides is 1. The van der Waals surface area contributed by atoms with Crippen LogP contribution < -0.4 is 4.72 Å². The molecule has 0 atom stereocenters. The quantitative estimate of drug-likeness (QED) is 0.624. The molecule has 0 bridgehead atoms. The second-order valence-corrected chi connectivity index (χ2v) is 8.32. The van der Waals surface area contributed by atoms with E-state index in [1.807, 2.05) is 36.4 Å². The lowest BCUT2D eigenvalue weighted by Gasteiger charge is -2.22. The zero-order valence-electron chi connectivity index (χ0n) is 15.5. The summed E-state index contributed by atoms with van der Waals surface area (Å²) < 4.78 is 31.5. The topological polar surface area (TPSA) is 79.6 Å². The van der Waals surface area contributed by atoms with Gasteiger partial charge in [0.1, 0.15) is 5.76 Å². The van der Waals surface area contributed by atoms with Crippen molar-refractivity contribution in [1.29, 1.82) is 0 Å². The smallest absolute Gasteiger partial charge is 0.254 e. The molecule has 0 spiro atoms. The van der Waals surface area contributed by atoms with E-state index in [0.29, 0.717) is 30.1 Å². The van der Waals surface area contributed by atoms with Crippen molar-refractivity contribution < 1.29 is 17.6 Å². The minimum atomic E-state index is -3.41. The molecule has 7 heteroatoms. The summed E-state index contributed by atoms with van der Waals surface area (Å²) in [5.41, 5.74) is 1.76. The van der Waals surface area contributed by atoms with Crippen molar-refractivity contribution in [3.63, 3.8) is 0 Å². The number of nitrogens with one attached hydrogen (secondary N) is 1. The van der Waals surface area contributed by atoms with Crippen LogP contribution in [0.1, 0.15) is 28.6 Å². The molecule has 6 nitrogen and oxygen atoms in total. The molecule has 0 unspecified atom stereocenters. The van der Waals surface area contributed by atoms with Gasteiger partial charge >= 0.3 is 0 Å². The maximum atomic E-state index is 13.2. The van der Waals surface area contributed by atoms with Crippen molar-refractivity contribution in [3.05, 3.63) is 89.9 Å². The molecule has 0 radical (unpaired) electrons. The molecule has 1 N–H and O–H groups in total. The Morgan fingerprint density at radius 2 is 1.79 bits per heavy atom. The van der Waals surface area contributed by atoms with Crippen LogP contribution in [-0.4, -0.2) is 25.0 Å². The van der Waals surface area contributed by atoms with Crippen LogP contribution in [0.4, 0.5) is 5.69 Å². The molecule has 0 saturated carbocycles. The number of anilines is 1. The minimum Gasteiger partial charge on any atom is -0.467 e. The van der Waals surface area contributed by atoms with Crippen LogP contribution in [-0.2, 0) is 23.1 Å². The molecule has 1 amide bonds. The molecular weight excluding hydrogens is 376 g/mol. The summed E-state index contributed by atoms with van der Waals surface area (Å²) in [6.45, 7) is 2.28. The summed E-state index contributed by atoms with van der Waals surface area (Å²) in [5, 5.41) is 0. The molecule has 1 aromatic heterocycles. The van der Waals surface area contributed by atoms with Crippen molar-refractivity contribution >= 4 is 21.6 Å². The summed E-state index contributed by atoms with van der Waals surface area (Å²) in [6.07, 6.45) is 1.57. The van der Waals surface area contributed by atoms with E-state index in [4.69, 9.17) is 4.42 Å². The lowest BCUT2D eigenvalue weighted by molar-refractivity contribution is 0.0717. The van der Waals surface area contributed by atoms with Crippen molar-refractivity contribution in [2.75, 3.05) is 10.5 Å². The average molecular weight is 398 g/mol. The predicted molar refractivity (Wildman–Crippen MR) is 108 cm³/mol. The Hall–Kier alpha value is -3.06. The van der Waals surface area contributed by atoms with Gasteiger partial charge in [0.15, 0.2) is 0 Å². The molecule has 146 valence electrons. The number of rotatable bonds is 8. The number of carbonyl (C=O) groups excluding carboxylic acids is 1. The molecule has 0 fully saturated rings. The number of amides is 1. The summed E-state index contributed by atoms with van der Waals surface area (Å²) in [5.74, 6) is 0.425. The van der Waals surface area contributed by atoms with E-state index >= 15 is 0 Å². The molecule has 3 aromatic rings. The number of furan rings is 1.